The van der Waals surface area contributed by atoms with Crippen LogP contribution in [0.4, 0.5) is 15.9 Å². The molecule has 0 spiro atoms. The number of carbonyl (C=O) groups excluding carboxylic acids is 1. The van der Waals surface area contributed by atoms with Crippen LogP contribution in [-0.2, 0) is 0 Å². The Morgan fingerprint density at radius 3 is 2.81 bits per heavy atom. The van der Waals surface area contributed by atoms with Crippen molar-refractivity contribution in [3.63, 3.8) is 0 Å². The van der Waals surface area contributed by atoms with Gasteiger partial charge in [0.05, 0.1) is 11.8 Å². The largest absolute Gasteiger partial charge is 0.384 e. The average Bonchev–Trinajstić information content (AvgIpc) is 2.48. The first-order chi connectivity index (χ1) is 10.1. The van der Waals surface area contributed by atoms with E-state index in [2.05, 4.69) is 15.6 Å². The SMILES string of the molecule is CCCNc1ccc(Cl)cc1C(=O)Nc1ccc(F)cn1. The summed E-state index contributed by atoms with van der Waals surface area (Å²) in [6.07, 6.45) is 1.98. The molecule has 2 N–H and O–H groups in total. The molecule has 21 heavy (non-hydrogen) atoms. The van der Waals surface area contributed by atoms with Crippen LogP contribution in [0.5, 0.6) is 0 Å². The van der Waals surface area contributed by atoms with Crippen molar-refractivity contribution < 1.29 is 9.18 Å². The predicted octanol–water partition coefficient (Wildman–Crippen LogP) is 3.95. The van der Waals surface area contributed by atoms with Crippen molar-refractivity contribution in [1.82, 2.24) is 4.98 Å². The zero-order chi connectivity index (χ0) is 15.2. The second-order valence-electron chi connectivity index (χ2n) is 4.43. The summed E-state index contributed by atoms with van der Waals surface area (Å²) in [5.74, 6) is -0.529. The maximum Gasteiger partial charge on any atom is 0.258 e. The first-order valence-electron chi connectivity index (χ1n) is 6.56. The van der Waals surface area contributed by atoms with Gasteiger partial charge in [-0.1, -0.05) is 18.5 Å². The summed E-state index contributed by atoms with van der Waals surface area (Å²) in [6.45, 7) is 2.78. The molecular formula is C15H15ClFN3O. The predicted molar refractivity (Wildman–Crippen MR) is 82.4 cm³/mol. The Hall–Kier alpha value is -2.14. The molecule has 1 amide bonds. The van der Waals surface area contributed by atoms with Crippen LogP contribution in [0.1, 0.15) is 23.7 Å². The molecular weight excluding hydrogens is 293 g/mol. The minimum atomic E-state index is -0.457. The van der Waals surface area contributed by atoms with Crippen LogP contribution in [0.15, 0.2) is 36.5 Å². The van der Waals surface area contributed by atoms with Crippen LogP contribution in [0.2, 0.25) is 5.02 Å². The van der Waals surface area contributed by atoms with Gasteiger partial charge in [-0.2, -0.15) is 0 Å². The number of amides is 1. The number of anilines is 2. The van der Waals surface area contributed by atoms with Gasteiger partial charge in [-0.15, -0.1) is 0 Å². The maximum absolute atomic E-state index is 12.8. The molecule has 0 aliphatic carbocycles. The number of pyridine rings is 1. The summed E-state index contributed by atoms with van der Waals surface area (Å²) >= 11 is 5.95. The van der Waals surface area contributed by atoms with E-state index in [0.29, 0.717) is 16.3 Å². The normalized spacial score (nSPS) is 10.2. The summed E-state index contributed by atoms with van der Waals surface area (Å²) in [5.41, 5.74) is 1.11. The van der Waals surface area contributed by atoms with Gasteiger partial charge in [-0.05, 0) is 36.8 Å². The van der Waals surface area contributed by atoms with Gasteiger partial charge in [0.15, 0.2) is 0 Å². The van der Waals surface area contributed by atoms with Crippen molar-refractivity contribution in [2.24, 2.45) is 0 Å². The molecule has 1 heterocycles. The number of nitrogens with zero attached hydrogens (tertiary/aromatic N) is 1. The average molecular weight is 308 g/mol. The minimum Gasteiger partial charge on any atom is -0.384 e. The molecule has 0 atom stereocenters. The molecule has 1 aromatic heterocycles. The van der Waals surface area contributed by atoms with Crippen molar-refractivity contribution in [1.29, 1.82) is 0 Å². The third-order valence-corrected chi connectivity index (χ3v) is 3.00. The Morgan fingerprint density at radius 1 is 1.33 bits per heavy atom. The zero-order valence-electron chi connectivity index (χ0n) is 11.5. The van der Waals surface area contributed by atoms with E-state index in [4.69, 9.17) is 11.6 Å². The monoisotopic (exact) mass is 307 g/mol. The lowest BCUT2D eigenvalue weighted by Gasteiger charge is -2.12. The fourth-order valence-corrected chi connectivity index (χ4v) is 1.92. The van der Waals surface area contributed by atoms with Gasteiger partial charge in [-0.25, -0.2) is 9.37 Å². The quantitative estimate of drug-likeness (QED) is 0.879. The zero-order valence-corrected chi connectivity index (χ0v) is 12.2. The third-order valence-electron chi connectivity index (χ3n) is 2.76. The van der Waals surface area contributed by atoms with Gasteiger partial charge in [0.1, 0.15) is 11.6 Å². The molecule has 4 nitrogen and oxygen atoms in total. The Labute approximate surface area is 127 Å². The number of hydrogen-bond acceptors (Lipinski definition) is 3. The molecule has 0 fully saturated rings. The standard InChI is InChI=1S/C15H15ClFN3O/c1-2-7-18-13-5-3-10(16)8-12(13)15(21)20-14-6-4-11(17)9-19-14/h3-6,8-9,18H,2,7H2,1H3,(H,19,20,21). The van der Waals surface area contributed by atoms with Crippen LogP contribution in [-0.4, -0.2) is 17.4 Å². The van der Waals surface area contributed by atoms with E-state index in [9.17, 15) is 9.18 Å². The highest BCUT2D eigenvalue weighted by Gasteiger charge is 2.13. The molecule has 6 heteroatoms. The molecule has 0 aliphatic heterocycles. The molecule has 0 unspecified atom stereocenters. The van der Waals surface area contributed by atoms with Gasteiger partial charge in [-0.3, -0.25) is 4.79 Å². The molecule has 0 aliphatic rings. The Morgan fingerprint density at radius 2 is 2.14 bits per heavy atom. The first-order valence-corrected chi connectivity index (χ1v) is 6.94. The van der Waals surface area contributed by atoms with E-state index in [-0.39, 0.29) is 11.7 Å². The third kappa shape index (κ3) is 4.16. The second kappa shape index (κ2) is 7.04. The van der Waals surface area contributed by atoms with E-state index in [0.717, 1.165) is 19.2 Å². The molecule has 110 valence electrons. The van der Waals surface area contributed by atoms with E-state index in [1.165, 1.54) is 12.1 Å². The van der Waals surface area contributed by atoms with Gasteiger partial charge in [0, 0.05) is 17.3 Å². The smallest absolute Gasteiger partial charge is 0.258 e. The number of benzene rings is 1. The molecule has 1 aromatic carbocycles. The Kier molecular flexibility index (Phi) is 5.11. The number of rotatable bonds is 5. The fraction of sp³-hybridized carbons (Fsp3) is 0.200. The van der Waals surface area contributed by atoms with Crippen LogP contribution in [0, 0.1) is 5.82 Å². The van der Waals surface area contributed by atoms with Crippen LogP contribution in [0.25, 0.3) is 0 Å². The van der Waals surface area contributed by atoms with Gasteiger partial charge in [0.2, 0.25) is 0 Å². The van der Waals surface area contributed by atoms with Crippen molar-refractivity contribution in [2.45, 2.75) is 13.3 Å². The lowest BCUT2D eigenvalue weighted by atomic mass is 10.1. The van der Waals surface area contributed by atoms with E-state index >= 15 is 0 Å². The van der Waals surface area contributed by atoms with E-state index in [1.807, 2.05) is 6.92 Å². The van der Waals surface area contributed by atoms with Crippen molar-refractivity contribution in [2.75, 3.05) is 17.2 Å². The highest BCUT2D eigenvalue weighted by atomic mass is 35.5. The molecule has 0 bridgehead atoms. The minimum absolute atomic E-state index is 0.280. The molecule has 2 aromatic rings. The second-order valence-corrected chi connectivity index (χ2v) is 4.87. The van der Waals surface area contributed by atoms with E-state index in [1.54, 1.807) is 18.2 Å². The van der Waals surface area contributed by atoms with Crippen LogP contribution >= 0.6 is 11.6 Å². The maximum atomic E-state index is 12.8. The Balaban J connectivity index is 2.20. The lowest BCUT2D eigenvalue weighted by molar-refractivity contribution is 0.102. The van der Waals surface area contributed by atoms with Crippen LogP contribution < -0.4 is 10.6 Å². The fourth-order valence-electron chi connectivity index (χ4n) is 1.75. The topological polar surface area (TPSA) is 54.0 Å². The number of nitrogens with one attached hydrogen (secondary N) is 2. The molecule has 2 rings (SSSR count). The van der Waals surface area contributed by atoms with Crippen LogP contribution in [0.3, 0.4) is 0 Å². The number of aromatic nitrogens is 1. The van der Waals surface area contributed by atoms with E-state index < -0.39 is 5.82 Å². The van der Waals surface area contributed by atoms with Gasteiger partial charge in [0.25, 0.3) is 5.91 Å². The number of halogens is 2. The van der Waals surface area contributed by atoms with Gasteiger partial charge >= 0.3 is 0 Å². The summed E-state index contributed by atoms with van der Waals surface area (Å²) in [6, 6.07) is 7.68. The summed E-state index contributed by atoms with van der Waals surface area (Å²) < 4.78 is 12.8. The van der Waals surface area contributed by atoms with Crippen molar-refractivity contribution in [3.05, 3.63) is 52.9 Å². The van der Waals surface area contributed by atoms with Gasteiger partial charge < -0.3 is 10.6 Å². The van der Waals surface area contributed by atoms with Crippen molar-refractivity contribution in [3.8, 4) is 0 Å². The molecule has 0 radical (unpaired) electrons. The number of hydrogen-bond donors (Lipinski definition) is 2. The lowest BCUT2D eigenvalue weighted by Crippen LogP contribution is -2.16. The summed E-state index contributed by atoms with van der Waals surface area (Å²) in [5, 5.41) is 6.25. The highest BCUT2D eigenvalue weighted by Crippen LogP contribution is 2.22. The Bertz CT molecular complexity index is 631. The van der Waals surface area contributed by atoms with Crippen molar-refractivity contribution >= 4 is 29.0 Å². The highest BCUT2D eigenvalue weighted by molar-refractivity contribution is 6.31. The number of carbonyl (C=O) groups is 1. The summed E-state index contributed by atoms with van der Waals surface area (Å²) in [4.78, 5) is 16.1. The first kappa shape index (κ1) is 15.3. The molecule has 0 saturated carbocycles. The summed E-state index contributed by atoms with van der Waals surface area (Å²) in [7, 11) is 0. The molecule has 0 saturated heterocycles.